The number of likely N-dealkylation sites (tertiary alicyclic amines) is 1. The molecule has 1 aliphatic rings. The minimum absolute atomic E-state index is 0.219. The van der Waals surface area contributed by atoms with Crippen molar-refractivity contribution in [3.05, 3.63) is 24.3 Å². The maximum atomic E-state index is 5.90. The van der Waals surface area contributed by atoms with Crippen molar-refractivity contribution in [1.29, 1.82) is 0 Å². The zero-order valence-corrected chi connectivity index (χ0v) is 11.0. The maximum Gasteiger partial charge on any atom is 0.115 e. The number of ether oxygens (including phenoxy) is 1. The number of hydrogen-bond donors (Lipinski definition) is 1. The summed E-state index contributed by atoms with van der Waals surface area (Å²) >= 11 is 0. The molecule has 5 heteroatoms. The number of piperidine rings is 1. The van der Waals surface area contributed by atoms with Gasteiger partial charge < -0.3 is 10.5 Å². The van der Waals surface area contributed by atoms with Crippen LogP contribution in [0.2, 0.25) is 0 Å². The summed E-state index contributed by atoms with van der Waals surface area (Å²) in [5, 5.41) is 0. The van der Waals surface area contributed by atoms with Crippen LogP contribution in [0.4, 0.5) is 0 Å². The second kappa shape index (κ2) is 6.78. The predicted molar refractivity (Wildman–Crippen MR) is 70.0 cm³/mol. The van der Waals surface area contributed by atoms with E-state index in [2.05, 4.69) is 14.9 Å². The molecule has 2 heterocycles. The molecule has 0 saturated carbocycles. The van der Waals surface area contributed by atoms with Gasteiger partial charge in [0.25, 0.3) is 0 Å². The van der Waals surface area contributed by atoms with Crippen LogP contribution in [0.1, 0.15) is 24.6 Å². The molecule has 1 atom stereocenters. The van der Waals surface area contributed by atoms with E-state index < -0.39 is 0 Å². The molecule has 18 heavy (non-hydrogen) atoms. The zero-order chi connectivity index (χ0) is 12.8. The fourth-order valence-corrected chi connectivity index (χ4v) is 2.62. The highest BCUT2D eigenvalue weighted by atomic mass is 16.5. The first-order valence-corrected chi connectivity index (χ1v) is 6.54. The molecule has 2 N–H and O–H groups in total. The van der Waals surface area contributed by atoms with Crippen molar-refractivity contribution in [2.75, 3.05) is 33.4 Å². The summed E-state index contributed by atoms with van der Waals surface area (Å²) in [5.74, 6) is 0.690. The van der Waals surface area contributed by atoms with Gasteiger partial charge in [-0.15, -0.1) is 0 Å². The van der Waals surface area contributed by atoms with E-state index in [9.17, 15) is 0 Å². The lowest BCUT2D eigenvalue weighted by Gasteiger charge is -2.36. The first kappa shape index (κ1) is 13.4. The highest BCUT2D eigenvalue weighted by Crippen LogP contribution is 2.25. The topological polar surface area (TPSA) is 64.3 Å². The van der Waals surface area contributed by atoms with Crippen molar-refractivity contribution in [2.24, 2.45) is 11.7 Å². The van der Waals surface area contributed by atoms with E-state index in [0.717, 1.165) is 25.4 Å². The molecule has 1 aromatic heterocycles. The van der Waals surface area contributed by atoms with E-state index in [1.807, 2.05) is 6.07 Å². The molecule has 1 saturated heterocycles. The molecule has 0 spiro atoms. The fraction of sp³-hybridized carbons (Fsp3) is 0.692. The number of aromatic nitrogens is 2. The minimum atomic E-state index is 0.219. The molecule has 100 valence electrons. The predicted octanol–water partition coefficient (Wildman–Crippen LogP) is 0.835. The van der Waals surface area contributed by atoms with Gasteiger partial charge in [0.1, 0.15) is 6.33 Å². The van der Waals surface area contributed by atoms with Crippen molar-refractivity contribution in [2.45, 2.75) is 18.9 Å². The van der Waals surface area contributed by atoms with Gasteiger partial charge in [-0.3, -0.25) is 4.90 Å². The summed E-state index contributed by atoms with van der Waals surface area (Å²) in [6, 6.07) is 2.18. The molecule has 1 aliphatic heterocycles. The number of methoxy groups -OCH3 is 1. The van der Waals surface area contributed by atoms with E-state index >= 15 is 0 Å². The van der Waals surface area contributed by atoms with Gasteiger partial charge >= 0.3 is 0 Å². The first-order chi connectivity index (χ1) is 8.85. The van der Waals surface area contributed by atoms with Crippen LogP contribution in [-0.4, -0.2) is 48.2 Å². The monoisotopic (exact) mass is 250 g/mol. The number of nitrogens with zero attached hydrogens (tertiary/aromatic N) is 3. The standard InChI is InChI=1S/C13H22N4O/c1-18-9-11-3-6-17(7-4-11)13(8-14)12-2-5-15-10-16-12/h2,5,10-11,13H,3-4,6-9,14H2,1H3. The summed E-state index contributed by atoms with van der Waals surface area (Å²) in [6.45, 7) is 3.61. The highest BCUT2D eigenvalue weighted by Gasteiger charge is 2.25. The van der Waals surface area contributed by atoms with Crippen molar-refractivity contribution in [3.63, 3.8) is 0 Å². The van der Waals surface area contributed by atoms with E-state index in [0.29, 0.717) is 12.5 Å². The third-order valence-corrected chi connectivity index (χ3v) is 3.66. The van der Waals surface area contributed by atoms with Crippen LogP contribution in [0.5, 0.6) is 0 Å². The Hall–Kier alpha value is -1.04. The van der Waals surface area contributed by atoms with Gasteiger partial charge in [0.15, 0.2) is 0 Å². The third kappa shape index (κ3) is 3.25. The van der Waals surface area contributed by atoms with E-state index in [-0.39, 0.29) is 6.04 Å². The zero-order valence-electron chi connectivity index (χ0n) is 11.0. The average Bonchev–Trinajstić information content (AvgIpc) is 2.43. The minimum Gasteiger partial charge on any atom is -0.384 e. The molecule has 0 aromatic carbocycles. The third-order valence-electron chi connectivity index (χ3n) is 3.66. The van der Waals surface area contributed by atoms with Crippen molar-refractivity contribution >= 4 is 0 Å². The Bertz CT molecular complexity index is 338. The van der Waals surface area contributed by atoms with Crippen LogP contribution in [0.3, 0.4) is 0 Å². The van der Waals surface area contributed by atoms with Gasteiger partial charge in [0.2, 0.25) is 0 Å². The summed E-state index contributed by atoms with van der Waals surface area (Å²) in [5.41, 5.74) is 6.93. The Balaban J connectivity index is 1.95. The number of hydrogen-bond acceptors (Lipinski definition) is 5. The number of rotatable bonds is 5. The van der Waals surface area contributed by atoms with Crippen LogP contribution >= 0.6 is 0 Å². The normalized spacial score (nSPS) is 19.9. The van der Waals surface area contributed by atoms with E-state index in [1.54, 1.807) is 19.6 Å². The highest BCUT2D eigenvalue weighted by molar-refractivity contribution is 5.06. The summed E-state index contributed by atoms with van der Waals surface area (Å²) in [6.07, 6.45) is 5.73. The van der Waals surface area contributed by atoms with Gasteiger partial charge in [0.05, 0.1) is 11.7 Å². The largest absolute Gasteiger partial charge is 0.384 e. The van der Waals surface area contributed by atoms with Crippen LogP contribution in [0, 0.1) is 5.92 Å². The second-order valence-electron chi connectivity index (χ2n) is 4.82. The summed E-state index contributed by atoms with van der Waals surface area (Å²) in [7, 11) is 1.77. The quantitative estimate of drug-likeness (QED) is 0.838. The van der Waals surface area contributed by atoms with Gasteiger partial charge in [-0.2, -0.15) is 0 Å². The molecule has 0 amide bonds. The molecule has 1 fully saturated rings. The molecule has 5 nitrogen and oxygen atoms in total. The lowest BCUT2D eigenvalue weighted by molar-refractivity contribution is 0.0800. The van der Waals surface area contributed by atoms with E-state index in [4.69, 9.17) is 10.5 Å². The Morgan fingerprint density at radius 2 is 2.28 bits per heavy atom. The molecule has 0 bridgehead atoms. The lowest BCUT2D eigenvalue weighted by Crippen LogP contribution is -2.40. The van der Waals surface area contributed by atoms with Crippen LogP contribution < -0.4 is 5.73 Å². The van der Waals surface area contributed by atoms with Crippen LogP contribution in [-0.2, 0) is 4.74 Å². The Labute approximate surface area is 108 Å². The first-order valence-electron chi connectivity index (χ1n) is 6.54. The molecule has 0 aliphatic carbocycles. The van der Waals surface area contributed by atoms with Crippen LogP contribution in [0.15, 0.2) is 18.6 Å². The molecule has 1 unspecified atom stereocenters. The molecule has 1 aromatic rings. The van der Waals surface area contributed by atoms with Gasteiger partial charge in [0, 0.05) is 26.5 Å². The van der Waals surface area contributed by atoms with Crippen molar-refractivity contribution in [3.8, 4) is 0 Å². The van der Waals surface area contributed by atoms with Gasteiger partial charge in [-0.25, -0.2) is 9.97 Å². The summed E-state index contributed by atoms with van der Waals surface area (Å²) < 4.78 is 5.22. The lowest BCUT2D eigenvalue weighted by atomic mass is 9.96. The van der Waals surface area contributed by atoms with Gasteiger partial charge in [-0.1, -0.05) is 0 Å². The van der Waals surface area contributed by atoms with Gasteiger partial charge in [-0.05, 0) is 37.9 Å². The molecular weight excluding hydrogens is 228 g/mol. The SMILES string of the molecule is COCC1CCN(C(CN)c2ccncn2)CC1. The van der Waals surface area contributed by atoms with Crippen molar-refractivity contribution < 1.29 is 4.74 Å². The average molecular weight is 250 g/mol. The fourth-order valence-electron chi connectivity index (χ4n) is 2.62. The molecule has 2 rings (SSSR count). The Kier molecular flexibility index (Phi) is 5.04. The van der Waals surface area contributed by atoms with E-state index in [1.165, 1.54) is 12.8 Å². The summed E-state index contributed by atoms with van der Waals surface area (Å²) in [4.78, 5) is 10.7. The maximum absolute atomic E-state index is 5.90. The number of nitrogens with two attached hydrogens (primary N) is 1. The smallest absolute Gasteiger partial charge is 0.115 e. The Morgan fingerprint density at radius 3 is 2.83 bits per heavy atom. The second-order valence-corrected chi connectivity index (χ2v) is 4.82. The molecule has 0 radical (unpaired) electrons. The van der Waals surface area contributed by atoms with Crippen molar-refractivity contribution in [1.82, 2.24) is 14.9 Å². The van der Waals surface area contributed by atoms with Crippen LogP contribution in [0.25, 0.3) is 0 Å². The molecular formula is C13H22N4O. The Morgan fingerprint density at radius 1 is 1.50 bits per heavy atom.